The molecule has 5 heteroatoms. The van der Waals surface area contributed by atoms with E-state index in [2.05, 4.69) is 6.92 Å². The summed E-state index contributed by atoms with van der Waals surface area (Å²) in [5.41, 5.74) is 0.577. The van der Waals surface area contributed by atoms with E-state index in [1.807, 2.05) is 56.0 Å². The Bertz CT molecular complexity index is 572. The van der Waals surface area contributed by atoms with Crippen LogP contribution in [0, 0.1) is 0 Å². The van der Waals surface area contributed by atoms with Crippen LogP contribution in [0.5, 0.6) is 0 Å². The molecule has 2 amide bonds. The van der Waals surface area contributed by atoms with E-state index in [0.717, 1.165) is 18.4 Å². The van der Waals surface area contributed by atoms with Gasteiger partial charge in [0.25, 0.3) is 0 Å². The maximum atomic E-state index is 13.0. The summed E-state index contributed by atoms with van der Waals surface area (Å²) >= 11 is 0. The van der Waals surface area contributed by atoms with Crippen molar-refractivity contribution in [3.8, 4) is 0 Å². The number of nitrogens with zero attached hydrogens (tertiary/aromatic N) is 2. The summed E-state index contributed by atoms with van der Waals surface area (Å²) < 4.78 is 5.41. The minimum atomic E-state index is -0.496. The number of carbonyl (C=O) groups is 2. The number of ether oxygens (including phenoxy) is 1. The second-order valence-electron chi connectivity index (χ2n) is 7.54. The van der Waals surface area contributed by atoms with Gasteiger partial charge >= 0.3 is 6.09 Å². The highest BCUT2D eigenvalue weighted by Gasteiger charge is 2.31. The van der Waals surface area contributed by atoms with Gasteiger partial charge in [0.2, 0.25) is 5.91 Å². The van der Waals surface area contributed by atoms with Crippen molar-refractivity contribution in [2.75, 3.05) is 26.2 Å². The SMILES string of the molecule is CCCC(C(=O)N1CCN(C(=O)OC(C)(C)C)CC1)c1ccccc1. The number of hydrogen-bond donors (Lipinski definition) is 0. The van der Waals surface area contributed by atoms with Gasteiger partial charge in [0.05, 0.1) is 5.92 Å². The van der Waals surface area contributed by atoms with Crippen LogP contribution in [-0.4, -0.2) is 53.6 Å². The second-order valence-corrected chi connectivity index (χ2v) is 7.54. The van der Waals surface area contributed by atoms with Crippen LogP contribution < -0.4 is 0 Å². The Balaban J connectivity index is 1.96. The minimum Gasteiger partial charge on any atom is -0.444 e. The number of carbonyl (C=O) groups excluding carboxylic acids is 2. The van der Waals surface area contributed by atoms with E-state index < -0.39 is 5.60 Å². The second kappa shape index (κ2) is 8.37. The fourth-order valence-electron chi connectivity index (χ4n) is 3.06. The Labute approximate surface area is 150 Å². The average molecular weight is 346 g/mol. The van der Waals surface area contributed by atoms with Crippen molar-refractivity contribution < 1.29 is 14.3 Å². The molecule has 1 saturated heterocycles. The molecule has 5 nitrogen and oxygen atoms in total. The summed E-state index contributed by atoms with van der Waals surface area (Å²) in [6.07, 6.45) is 1.51. The van der Waals surface area contributed by atoms with Crippen LogP contribution in [-0.2, 0) is 9.53 Å². The Morgan fingerprint density at radius 3 is 2.12 bits per heavy atom. The van der Waals surface area contributed by atoms with Crippen molar-refractivity contribution in [1.82, 2.24) is 9.80 Å². The molecule has 0 bridgehead atoms. The van der Waals surface area contributed by atoms with Gasteiger partial charge in [-0.05, 0) is 32.8 Å². The Morgan fingerprint density at radius 1 is 1.04 bits per heavy atom. The molecule has 0 radical (unpaired) electrons. The summed E-state index contributed by atoms with van der Waals surface area (Å²) in [4.78, 5) is 28.7. The van der Waals surface area contributed by atoms with Crippen molar-refractivity contribution in [3.63, 3.8) is 0 Å². The first-order chi connectivity index (χ1) is 11.8. The predicted molar refractivity (Wildman–Crippen MR) is 98.5 cm³/mol. The zero-order chi connectivity index (χ0) is 18.4. The highest BCUT2D eigenvalue weighted by molar-refractivity contribution is 5.84. The fraction of sp³-hybridized carbons (Fsp3) is 0.600. The summed E-state index contributed by atoms with van der Waals surface area (Å²) in [7, 11) is 0. The van der Waals surface area contributed by atoms with Crippen molar-refractivity contribution in [1.29, 1.82) is 0 Å². The molecule has 0 saturated carbocycles. The monoisotopic (exact) mass is 346 g/mol. The zero-order valence-electron chi connectivity index (χ0n) is 15.8. The number of benzene rings is 1. The van der Waals surface area contributed by atoms with Gasteiger partial charge in [-0.1, -0.05) is 43.7 Å². The highest BCUT2D eigenvalue weighted by Crippen LogP contribution is 2.24. The molecule has 1 aromatic rings. The molecule has 1 heterocycles. The topological polar surface area (TPSA) is 49.9 Å². The maximum absolute atomic E-state index is 13.0. The van der Waals surface area contributed by atoms with Gasteiger partial charge in [-0.25, -0.2) is 4.79 Å². The third-order valence-corrected chi connectivity index (χ3v) is 4.32. The first-order valence-corrected chi connectivity index (χ1v) is 9.13. The molecule has 1 aliphatic rings. The molecule has 0 spiro atoms. The quantitative estimate of drug-likeness (QED) is 0.836. The molecule has 0 N–H and O–H groups in total. The van der Waals surface area contributed by atoms with Gasteiger partial charge in [0.1, 0.15) is 5.60 Å². The fourth-order valence-corrected chi connectivity index (χ4v) is 3.06. The van der Waals surface area contributed by atoms with E-state index in [-0.39, 0.29) is 17.9 Å². The van der Waals surface area contributed by atoms with E-state index >= 15 is 0 Å². The Kier molecular flexibility index (Phi) is 6.45. The van der Waals surface area contributed by atoms with E-state index in [1.54, 1.807) is 4.90 Å². The van der Waals surface area contributed by atoms with E-state index in [0.29, 0.717) is 26.2 Å². The first-order valence-electron chi connectivity index (χ1n) is 9.13. The van der Waals surface area contributed by atoms with Crippen LogP contribution in [0.3, 0.4) is 0 Å². The normalized spacial score (nSPS) is 16.5. The van der Waals surface area contributed by atoms with Crippen LogP contribution in [0.4, 0.5) is 4.79 Å². The lowest BCUT2D eigenvalue weighted by Crippen LogP contribution is -2.52. The van der Waals surface area contributed by atoms with Gasteiger partial charge < -0.3 is 14.5 Å². The minimum absolute atomic E-state index is 0.0979. The molecule has 1 aliphatic heterocycles. The van der Waals surface area contributed by atoms with E-state index in [4.69, 9.17) is 4.74 Å². The standard InChI is InChI=1S/C20H30N2O3/c1-5-9-17(16-10-7-6-8-11-16)18(23)21-12-14-22(15-13-21)19(24)25-20(2,3)4/h6-8,10-11,17H,5,9,12-15H2,1-4H3. The third kappa shape index (κ3) is 5.48. The largest absolute Gasteiger partial charge is 0.444 e. The smallest absolute Gasteiger partial charge is 0.410 e. The number of hydrogen-bond acceptors (Lipinski definition) is 3. The van der Waals surface area contributed by atoms with Crippen molar-refractivity contribution >= 4 is 12.0 Å². The number of piperazine rings is 1. The lowest BCUT2D eigenvalue weighted by Gasteiger charge is -2.37. The van der Waals surface area contributed by atoms with Gasteiger partial charge in [-0.2, -0.15) is 0 Å². The third-order valence-electron chi connectivity index (χ3n) is 4.32. The Hall–Kier alpha value is -2.04. The van der Waals surface area contributed by atoms with Crippen molar-refractivity contribution in [2.45, 2.75) is 52.1 Å². The zero-order valence-corrected chi connectivity index (χ0v) is 15.8. The van der Waals surface area contributed by atoms with Gasteiger partial charge in [-0.15, -0.1) is 0 Å². The molecular formula is C20H30N2O3. The van der Waals surface area contributed by atoms with Crippen LogP contribution in [0.15, 0.2) is 30.3 Å². The molecule has 138 valence electrons. The summed E-state index contributed by atoms with van der Waals surface area (Å²) in [6.45, 7) is 9.85. The molecule has 2 rings (SSSR count). The molecule has 25 heavy (non-hydrogen) atoms. The molecular weight excluding hydrogens is 316 g/mol. The van der Waals surface area contributed by atoms with Crippen LogP contribution >= 0.6 is 0 Å². The van der Waals surface area contributed by atoms with Crippen molar-refractivity contribution in [3.05, 3.63) is 35.9 Å². The molecule has 0 aliphatic carbocycles. The molecule has 1 unspecified atom stereocenters. The summed E-state index contributed by atoms with van der Waals surface area (Å²) in [6, 6.07) is 9.97. The van der Waals surface area contributed by atoms with Gasteiger partial charge in [0, 0.05) is 26.2 Å². The molecule has 1 aromatic carbocycles. The number of rotatable bonds is 4. The predicted octanol–water partition coefficient (Wildman–Crippen LogP) is 3.65. The lowest BCUT2D eigenvalue weighted by atomic mass is 9.93. The molecule has 1 fully saturated rings. The van der Waals surface area contributed by atoms with Crippen molar-refractivity contribution in [2.24, 2.45) is 0 Å². The molecule has 1 atom stereocenters. The average Bonchev–Trinajstić information content (AvgIpc) is 2.58. The van der Waals surface area contributed by atoms with E-state index in [9.17, 15) is 9.59 Å². The van der Waals surface area contributed by atoms with Crippen LogP contribution in [0.25, 0.3) is 0 Å². The number of amides is 2. The summed E-state index contributed by atoms with van der Waals surface area (Å²) in [5, 5.41) is 0. The van der Waals surface area contributed by atoms with Crippen LogP contribution in [0.2, 0.25) is 0 Å². The first kappa shape index (κ1) is 19.3. The Morgan fingerprint density at radius 2 is 1.60 bits per heavy atom. The van der Waals surface area contributed by atoms with Gasteiger partial charge in [-0.3, -0.25) is 4.79 Å². The summed E-state index contributed by atoms with van der Waals surface area (Å²) in [5.74, 6) is 0.0659. The van der Waals surface area contributed by atoms with E-state index in [1.165, 1.54) is 0 Å². The van der Waals surface area contributed by atoms with Gasteiger partial charge in [0.15, 0.2) is 0 Å². The maximum Gasteiger partial charge on any atom is 0.410 e. The molecule has 0 aromatic heterocycles. The lowest BCUT2D eigenvalue weighted by molar-refractivity contribution is -0.134. The highest BCUT2D eigenvalue weighted by atomic mass is 16.6. The van der Waals surface area contributed by atoms with Crippen LogP contribution in [0.1, 0.15) is 52.0 Å².